The summed E-state index contributed by atoms with van der Waals surface area (Å²) in [6.07, 6.45) is 4.39. The van der Waals surface area contributed by atoms with Crippen LogP contribution in [0.5, 0.6) is 0 Å². The lowest BCUT2D eigenvalue weighted by Crippen LogP contribution is -1.95. The van der Waals surface area contributed by atoms with E-state index in [1.165, 1.54) is 0 Å². The van der Waals surface area contributed by atoms with Crippen LogP contribution in [0.15, 0.2) is 42.7 Å². The Bertz CT molecular complexity index is 454. The zero-order valence-electron chi connectivity index (χ0n) is 8.15. The second kappa shape index (κ2) is 4.32. The molecule has 1 aromatic heterocycles. The molecule has 15 heavy (non-hydrogen) atoms. The molecule has 0 aliphatic heterocycles. The predicted octanol–water partition coefficient (Wildman–Crippen LogP) is 2.91. The molecule has 0 fully saturated rings. The Morgan fingerprint density at radius 3 is 2.80 bits per heavy atom. The highest BCUT2D eigenvalue weighted by Crippen LogP contribution is 2.20. The molecule has 0 atom stereocenters. The van der Waals surface area contributed by atoms with Crippen molar-refractivity contribution in [3.63, 3.8) is 0 Å². The van der Waals surface area contributed by atoms with E-state index in [1.54, 1.807) is 12.3 Å². The van der Waals surface area contributed by atoms with E-state index in [-0.39, 0.29) is 0 Å². The van der Waals surface area contributed by atoms with Crippen molar-refractivity contribution in [2.24, 2.45) is 0 Å². The van der Waals surface area contributed by atoms with Crippen LogP contribution in [-0.2, 0) is 6.42 Å². The molecule has 3 heteroatoms. The lowest BCUT2D eigenvalue weighted by Gasteiger charge is -2.05. The smallest absolute Gasteiger partial charge is 0.0426 e. The summed E-state index contributed by atoms with van der Waals surface area (Å²) < 4.78 is 0. The maximum Gasteiger partial charge on any atom is 0.0426 e. The lowest BCUT2D eigenvalue weighted by molar-refractivity contribution is 1.15. The molecule has 0 aliphatic carbocycles. The van der Waals surface area contributed by atoms with Crippen LogP contribution in [0.25, 0.3) is 0 Å². The van der Waals surface area contributed by atoms with Crippen molar-refractivity contribution in [2.45, 2.75) is 6.42 Å². The van der Waals surface area contributed by atoms with E-state index in [0.29, 0.717) is 5.02 Å². The van der Waals surface area contributed by atoms with Gasteiger partial charge in [0.2, 0.25) is 0 Å². The van der Waals surface area contributed by atoms with Gasteiger partial charge in [0.15, 0.2) is 0 Å². The minimum Gasteiger partial charge on any atom is -0.398 e. The number of anilines is 1. The Labute approximate surface area is 93.7 Å². The highest BCUT2D eigenvalue weighted by atomic mass is 35.5. The van der Waals surface area contributed by atoms with Crippen molar-refractivity contribution in [1.29, 1.82) is 0 Å². The first kappa shape index (κ1) is 9.99. The SMILES string of the molecule is Nc1cc(Cl)ccc1Cc1cccnc1. The highest BCUT2D eigenvalue weighted by Gasteiger charge is 2.01. The maximum atomic E-state index is 5.86. The highest BCUT2D eigenvalue weighted by molar-refractivity contribution is 6.30. The van der Waals surface area contributed by atoms with Crippen LogP contribution in [0, 0.1) is 0 Å². The molecule has 2 nitrogen and oxygen atoms in total. The van der Waals surface area contributed by atoms with E-state index in [1.807, 2.05) is 30.5 Å². The molecular weight excluding hydrogens is 208 g/mol. The number of nitrogens with two attached hydrogens (primary N) is 1. The molecule has 0 unspecified atom stereocenters. The van der Waals surface area contributed by atoms with Gasteiger partial charge in [-0.1, -0.05) is 23.7 Å². The van der Waals surface area contributed by atoms with Crippen molar-refractivity contribution in [3.8, 4) is 0 Å². The van der Waals surface area contributed by atoms with Crippen molar-refractivity contribution < 1.29 is 0 Å². The van der Waals surface area contributed by atoms with E-state index in [0.717, 1.165) is 23.2 Å². The van der Waals surface area contributed by atoms with Crippen LogP contribution < -0.4 is 5.73 Å². The first-order valence-electron chi connectivity index (χ1n) is 4.68. The van der Waals surface area contributed by atoms with Gasteiger partial charge in [0.05, 0.1) is 0 Å². The quantitative estimate of drug-likeness (QED) is 0.788. The van der Waals surface area contributed by atoms with Crippen LogP contribution in [-0.4, -0.2) is 4.98 Å². The van der Waals surface area contributed by atoms with Crippen molar-refractivity contribution in [1.82, 2.24) is 4.98 Å². The molecule has 2 rings (SSSR count). The molecule has 2 aromatic rings. The number of nitrogen functional groups attached to an aromatic ring is 1. The summed E-state index contributed by atoms with van der Waals surface area (Å²) in [7, 11) is 0. The zero-order chi connectivity index (χ0) is 10.7. The first-order chi connectivity index (χ1) is 7.25. The van der Waals surface area contributed by atoms with E-state index >= 15 is 0 Å². The molecule has 0 bridgehead atoms. The van der Waals surface area contributed by atoms with Gasteiger partial charge >= 0.3 is 0 Å². The summed E-state index contributed by atoms with van der Waals surface area (Å²) in [5, 5.41) is 0.669. The van der Waals surface area contributed by atoms with Gasteiger partial charge in [-0.15, -0.1) is 0 Å². The third-order valence-electron chi connectivity index (χ3n) is 2.23. The first-order valence-corrected chi connectivity index (χ1v) is 5.06. The number of benzene rings is 1. The number of hydrogen-bond donors (Lipinski definition) is 1. The van der Waals surface area contributed by atoms with Gasteiger partial charge in [-0.05, 0) is 29.3 Å². The summed E-state index contributed by atoms with van der Waals surface area (Å²) in [4.78, 5) is 4.06. The Balaban J connectivity index is 2.25. The standard InChI is InChI=1S/C12H11ClN2/c13-11-4-3-10(12(14)7-11)6-9-2-1-5-15-8-9/h1-5,7-8H,6,14H2. The minimum absolute atomic E-state index is 0.669. The lowest BCUT2D eigenvalue weighted by atomic mass is 10.1. The number of pyridine rings is 1. The average molecular weight is 219 g/mol. The number of hydrogen-bond acceptors (Lipinski definition) is 2. The molecule has 2 N–H and O–H groups in total. The molecule has 76 valence electrons. The summed E-state index contributed by atoms with van der Waals surface area (Å²) in [5.74, 6) is 0. The van der Waals surface area contributed by atoms with Crippen LogP contribution in [0.2, 0.25) is 5.02 Å². The van der Waals surface area contributed by atoms with E-state index in [4.69, 9.17) is 17.3 Å². The zero-order valence-corrected chi connectivity index (χ0v) is 8.91. The number of nitrogens with zero attached hydrogens (tertiary/aromatic N) is 1. The van der Waals surface area contributed by atoms with Crippen LogP contribution >= 0.6 is 11.6 Å². The molecule has 0 radical (unpaired) electrons. The molecule has 0 saturated carbocycles. The normalized spacial score (nSPS) is 10.2. The van der Waals surface area contributed by atoms with Gasteiger partial charge in [0, 0.05) is 29.5 Å². The van der Waals surface area contributed by atoms with Crippen molar-refractivity contribution in [3.05, 3.63) is 58.9 Å². The molecule has 0 saturated heterocycles. The monoisotopic (exact) mass is 218 g/mol. The Morgan fingerprint density at radius 2 is 2.13 bits per heavy atom. The van der Waals surface area contributed by atoms with Gasteiger partial charge in [-0.2, -0.15) is 0 Å². The molecule has 0 aliphatic rings. The Kier molecular flexibility index (Phi) is 2.88. The van der Waals surface area contributed by atoms with Crippen molar-refractivity contribution >= 4 is 17.3 Å². The van der Waals surface area contributed by atoms with Gasteiger partial charge in [-0.3, -0.25) is 4.98 Å². The van der Waals surface area contributed by atoms with E-state index in [2.05, 4.69) is 4.98 Å². The van der Waals surface area contributed by atoms with Gasteiger partial charge in [0.25, 0.3) is 0 Å². The summed E-state index contributed by atoms with van der Waals surface area (Å²) in [6, 6.07) is 9.52. The fraction of sp³-hybridized carbons (Fsp3) is 0.0833. The van der Waals surface area contributed by atoms with Crippen molar-refractivity contribution in [2.75, 3.05) is 5.73 Å². The third-order valence-corrected chi connectivity index (χ3v) is 2.46. The summed E-state index contributed by atoms with van der Waals surface area (Å²) >= 11 is 5.83. The number of aromatic nitrogens is 1. The van der Waals surface area contributed by atoms with Gasteiger partial charge < -0.3 is 5.73 Å². The van der Waals surface area contributed by atoms with Crippen LogP contribution in [0.1, 0.15) is 11.1 Å². The average Bonchev–Trinajstić information content (AvgIpc) is 2.24. The largest absolute Gasteiger partial charge is 0.398 e. The van der Waals surface area contributed by atoms with E-state index in [9.17, 15) is 0 Å². The van der Waals surface area contributed by atoms with Crippen LogP contribution in [0.3, 0.4) is 0 Å². The topological polar surface area (TPSA) is 38.9 Å². The molecular formula is C12H11ClN2. The number of halogens is 1. The van der Waals surface area contributed by atoms with E-state index < -0.39 is 0 Å². The Hall–Kier alpha value is -1.54. The van der Waals surface area contributed by atoms with Crippen LogP contribution in [0.4, 0.5) is 5.69 Å². The molecule has 0 spiro atoms. The molecule has 0 amide bonds. The number of rotatable bonds is 2. The fourth-order valence-electron chi connectivity index (χ4n) is 1.45. The third kappa shape index (κ3) is 2.48. The fourth-order valence-corrected chi connectivity index (χ4v) is 1.63. The second-order valence-electron chi connectivity index (χ2n) is 3.38. The predicted molar refractivity (Wildman–Crippen MR) is 62.9 cm³/mol. The van der Waals surface area contributed by atoms with Gasteiger partial charge in [0.1, 0.15) is 0 Å². The minimum atomic E-state index is 0.669. The Morgan fingerprint density at radius 1 is 1.27 bits per heavy atom. The summed E-state index contributed by atoms with van der Waals surface area (Å²) in [5.41, 5.74) is 8.81. The van der Waals surface area contributed by atoms with Gasteiger partial charge in [-0.25, -0.2) is 0 Å². The maximum absolute atomic E-state index is 5.86. The summed E-state index contributed by atoms with van der Waals surface area (Å²) in [6.45, 7) is 0. The molecule has 1 aromatic carbocycles. The second-order valence-corrected chi connectivity index (χ2v) is 3.82. The molecule has 1 heterocycles.